The highest BCUT2D eigenvalue weighted by atomic mass is 32.1. The summed E-state index contributed by atoms with van der Waals surface area (Å²) in [6, 6.07) is 2.13. The first-order valence-electron chi connectivity index (χ1n) is 7.30. The largest absolute Gasteiger partial charge is 0.346 e. The molecule has 0 radical (unpaired) electrons. The lowest BCUT2D eigenvalue weighted by atomic mass is 9.84. The summed E-state index contributed by atoms with van der Waals surface area (Å²) in [5, 5.41) is 6.17. The van der Waals surface area contributed by atoms with Crippen LogP contribution in [0, 0.1) is 5.92 Å². The molecule has 1 amide bonds. The fraction of sp³-hybridized carbons (Fsp3) is 0.467. The van der Waals surface area contributed by atoms with Gasteiger partial charge in [0, 0.05) is 34.4 Å². The van der Waals surface area contributed by atoms with E-state index in [0.717, 1.165) is 21.5 Å². The number of piperidine rings is 3. The third-order valence-corrected chi connectivity index (χ3v) is 6.12. The van der Waals surface area contributed by atoms with Crippen LogP contribution < -0.4 is 5.32 Å². The first-order valence-corrected chi connectivity index (χ1v) is 8.63. The van der Waals surface area contributed by atoms with Gasteiger partial charge in [-0.3, -0.25) is 4.79 Å². The summed E-state index contributed by atoms with van der Waals surface area (Å²) >= 11 is 6.03. The van der Waals surface area contributed by atoms with E-state index >= 15 is 0 Å². The van der Waals surface area contributed by atoms with Crippen molar-refractivity contribution in [3.63, 3.8) is 0 Å². The van der Waals surface area contributed by atoms with Crippen LogP contribution in [-0.4, -0.2) is 41.5 Å². The van der Waals surface area contributed by atoms with Crippen molar-refractivity contribution in [2.24, 2.45) is 5.92 Å². The van der Waals surface area contributed by atoms with Crippen LogP contribution in [-0.2, 0) is 0 Å². The second-order valence-electron chi connectivity index (χ2n) is 5.90. The maximum absolute atomic E-state index is 12.5. The Bertz CT molecular complexity index is 691. The lowest BCUT2D eigenvalue weighted by Crippen LogP contribution is -2.57. The van der Waals surface area contributed by atoms with Crippen molar-refractivity contribution in [1.82, 2.24) is 15.2 Å². The Morgan fingerprint density at radius 2 is 2.24 bits per heavy atom. The highest BCUT2D eigenvalue weighted by molar-refractivity contribution is 7.80. The molecule has 0 aromatic carbocycles. The van der Waals surface area contributed by atoms with Crippen molar-refractivity contribution in [3.05, 3.63) is 23.3 Å². The zero-order chi connectivity index (χ0) is 14.4. The van der Waals surface area contributed by atoms with Gasteiger partial charge in [-0.15, -0.1) is 24.0 Å². The van der Waals surface area contributed by atoms with E-state index in [4.69, 9.17) is 0 Å². The third kappa shape index (κ3) is 2.45. The molecule has 2 bridgehead atoms. The molecule has 110 valence electrons. The Morgan fingerprint density at radius 1 is 1.43 bits per heavy atom. The Labute approximate surface area is 133 Å². The smallest absolute Gasteiger partial charge is 0.270 e. The first-order chi connectivity index (χ1) is 10.2. The Hall–Kier alpha value is -1.11. The molecule has 3 aliphatic rings. The molecule has 6 heteroatoms. The molecule has 0 spiro atoms. The van der Waals surface area contributed by atoms with E-state index in [2.05, 4.69) is 27.8 Å². The maximum Gasteiger partial charge on any atom is 0.270 e. The van der Waals surface area contributed by atoms with Gasteiger partial charge in [0.05, 0.1) is 4.70 Å². The number of thiophene rings is 1. The Kier molecular flexibility index (Phi) is 3.40. The van der Waals surface area contributed by atoms with Crippen LogP contribution in [0.25, 0.3) is 10.1 Å². The fourth-order valence-electron chi connectivity index (χ4n) is 3.41. The second-order valence-corrected chi connectivity index (χ2v) is 7.30. The van der Waals surface area contributed by atoms with Crippen molar-refractivity contribution < 1.29 is 4.79 Å². The van der Waals surface area contributed by atoms with Crippen LogP contribution in [0.1, 0.15) is 23.3 Å². The maximum atomic E-state index is 12.5. The van der Waals surface area contributed by atoms with Crippen LogP contribution in [0.4, 0.5) is 0 Å². The zero-order valence-electron chi connectivity index (χ0n) is 11.6. The number of amides is 1. The standard InChI is InChI=1S/C15H17N3OS2/c19-15(17-12-7-18-3-1-9(12)2-4-18)11-5-10-13(20)8-21-14(10)6-16-11/h5-6,8-9,12,20H,1-4,7H2,(H,17,19). The van der Waals surface area contributed by atoms with Crippen LogP contribution in [0.2, 0.25) is 0 Å². The number of aromatic nitrogens is 1. The number of carbonyl (C=O) groups excluding carboxylic acids is 1. The summed E-state index contributed by atoms with van der Waals surface area (Å²) in [4.78, 5) is 20.1. The predicted molar refractivity (Wildman–Crippen MR) is 87.3 cm³/mol. The van der Waals surface area contributed by atoms with Gasteiger partial charge in [0.2, 0.25) is 0 Å². The van der Waals surface area contributed by atoms with Crippen LogP contribution >= 0.6 is 24.0 Å². The molecule has 0 aliphatic carbocycles. The fourth-order valence-corrected chi connectivity index (χ4v) is 4.61. The summed E-state index contributed by atoms with van der Waals surface area (Å²) in [5.41, 5.74) is 0.493. The molecule has 1 N–H and O–H groups in total. The van der Waals surface area contributed by atoms with E-state index in [1.807, 2.05) is 11.4 Å². The number of hydrogen-bond acceptors (Lipinski definition) is 5. The number of thiol groups is 1. The van der Waals surface area contributed by atoms with Crippen LogP contribution in [0.15, 0.2) is 22.5 Å². The van der Waals surface area contributed by atoms with Gasteiger partial charge in [-0.05, 0) is 37.9 Å². The highest BCUT2D eigenvalue weighted by Gasteiger charge is 2.35. The van der Waals surface area contributed by atoms with E-state index in [-0.39, 0.29) is 11.9 Å². The molecule has 3 fully saturated rings. The van der Waals surface area contributed by atoms with Crippen molar-refractivity contribution in [2.75, 3.05) is 19.6 Å². The van der Waals surface area contributed by atoms with Gasteiger partial charge in [0.25, 0.3) is 5.91 Å². The highest BCUT2D eigenvalue weighted by Crippen LogP contribution is 2.29. The van der Waals surface area contributed by atoms with Gasteiger partial charge in [-0.25, -0.2) is 4.98 Å². The number of carbonyl (C=O) groups is 1. The minimum atomic E-state index is -0.0606. The number of nitrogens with one attached hydrogen (secondary N) is 1. The summed E-state index contributed by atoms with van der Waals surface area (Å²) < 4.78 is 1.07. The van der Waals surface area contributed by atoms with Gasteiger partial charge < -0.3 is 10.2 Å². The quantitative estimate of drug-likeness (QED) is 0.836. The van der Waals surface area contributed by atoms with E-state index < -0.39 is 0 Å². The van der Waals surface area contributed by atoms with Crippen LogP contribution in [0.3, 0.4) is 0 Å². The molecular formula is C15H17N3OS2. The molecule has 2 aromatic rings. The van der Waals surface area contributed by atoms with Crippen molar-refractivity contribution in [2.45, 2.75) is 23.8 Å². The lowest BCUT2D eigenvalue weighted by molar-refractivity contribution is 0.0618. The minimum Gasteiger partial charge on any atom is -0.346 e. The van der Waals surface area contributed by atoms with Gasteiger partial charge >= 0.3 is 0 Å². The average Bonchev–Trinajstić information content (AvgIpc) is 2.89. The van der Waals surface area contributed by atoms with Crippen molar-refractivity contribution >= 4 is 40.0 Å². The summed E-state index contributed by atoms with van der Waals surface area (Å²) in [6.45, 7) is 3.34. The van der Waals surface area contributed by atoms with Gasteiger partial charge in [0.15, 0.2) is 0 Å². The Balaban J connectivity index is 1.54. The molecular weight excluding hydrogens is 302 g/mol. The summed E-state index contributed by atoms with van der Waals surface area (Å²) in [7, 11) is 0. The number of fused-ring (bicyclic) bond motifs is 4. The molecule has 1 atom stereocenters. The Morgan fingerprint density at radius 3 is 2.95 bits per heavy atom. The number of nitrogens with zero attached hydrogens (tertiary/aromatic N) is 2. The molecule has 1 unspecified atom stereocenters. The van der Waals surface area contributed by atoms with E-state index in [0.29, 0.717) is 11.6 Å². The molecule has 2 aromatic heterocycles. The van der Waals surface area contributed by atoms with Crippen LogP contribution in [0.5, 0.6) is 0 Å². The van der Waals surface area contributed by atoms with E-state index in [9.17, 15) is 4.79 Å². The third-order valence-electron chi connectivity index (χ3n) is 4.65. The zero-order valence-corrected chi connectivity index (χ0v) is 13.3. The number of rotatable bonds is 2. The molecule has 5 rings (SSSR count). The summed E-state index contributed by atoms with van der Waals surface area (Å²) in [6.07, 6.45) is 4.16. The normalized spacial score (nSPS) is 28.0. The predicted octanol–water partition coefficient (Wildman–Crippen LogP) is 2.41. The summed E-state index contributed by atoms with van der Waals surface area (Å²) in [5.74, 6) is 0.568. The first kappa shape index (κ1) is 13.5. The lowest BCUT2D eigenvalue weighted by Gasteiger charge is -2.44. The molecule has 21 heavy (non-hydrogen) atoms. The molecule has 3 saturated heterocycles. The van der Waals surface area contributed by atoms with E-state index in [1.54, 1.807) is 17.5 Å². The average molecular weight is 319 g/mol. The molecule has 4 nitrogen and oxygen atoms in total. The van der Waals surface area contributed by atoms with Gasteiger partial charge in [-0.2, -0.15) is 0 Å². The monoisotopic (exact) mass is 319 g/mol. The van der Waals surface area contributed by atoms with Gasteiger partial charge in [0.1, 0.15) is 5.69 Å². The minimum absolute atomic E-state index is 0.0606. The number of hydrogen-bond donors (Lipinski definition) is 2. The molecule has 5 heterocycles. The second kappa shape index (κ2) is 5.26. The van der Waals surface area contributed by atoms with E-state index in [1.165, 1.54) is 25.9 Å². The van der Waals surface area contributed by atoms with Gasteiger partial charge in [-0.1, -0.05) is 0 Å². The topological polar surface area (TPSA) is 45.2 Å². The van der Waals surface area contributed by atoms with Crippen molar-refractivity contribution in [1.29, 1.82) is 0 Å². The van der Waals surface area contributed by atoms with Crippen molar-refractivity contribution in [3.8, 4) is 0 Å². The SMILES string of the molecule is O=C(NC1CN2CCC1CC2)c1cc2c(S)csc2cn1. The molecule has 0 saturated carbocycles. The molecule has 3 aliphatic heterocycles. The number of pyridine rings is 1.